The third kappa shape index (κ3) is 4.23. The maximum atomic E-state index is 12.3. The predicted octanol–water partition coefficient (Wildman–Crippen LogP) is 1.44. The molecule has 5 heteroatoms. The van der Waals surface area contributed by atoms with E-state index >= 15 is 0 Å². The van der Waals surface area contributed by atoms with Crippen molar-refractivity contribution in [2.45, 2.75) is 45.6 Å². The van der Waals surface area contributed by atoms with Gasteiger partial charge >= 0.3 is 0 Å². The molecule has 17 heavy (non-hydrogen) atoms. The van der Waals surface area contributed by atoms with Crippen LogP contribution in [0.15, 0.2) is 0 Å². The van der Waals surface area contributed by atoms with Crippen LogP contribution in [0.5, 0.6) is 0 Å². The first kappa shape index (κ1) is 14.9. The Morgan fingerprint density at radius 2 is 1.76 bits per heavy atom. The summed E-state index contributed by atoms with van der Waals surface area (Å²) in [6, 6.07) is 0.154. The van der Waals surface area contributed by atoms with Crippen LogP contribution in [-0.4, -0.2) is 44.7 Å². The lowest BCUT2D eigenvalue weighted by atomic mass is 10.0. The van der Waals surface area contributed by atoms with Gasteiger partial charge < -0.3 is 5.32 Å². The Kier molecular flexibility index (Phi) is 5.89. The van der Waals surface area contributed by atoms with Crippen molar-refractivity contribution >= 4 is 10.0 Å². The summed E-state index contributed by atoms with van der Waals surface area (Å²) in [5.74, 6) is 0.653. The molecule has 0 spiro atoms. The van der Waals surface area contributed by atoms with Crippen LogP contribution in [-0.2, 0) is 10.0 Å². The fourth-order valence-electron chi connectivity index (χ4n) is 2.49. The second kappa shape index (κ2) is 6.71. The summed E-state index contributed by atoms with van der Waals surface area (Å²) in [6.45, 7) is 6.00. The van der Waals surface area contributed by atoms with E-state index < -0.39 is 10.0 Å². The molecular formula is C12H26N2O2S. The number of nitrogens with one attached hydrogen (secondary N) is 1. The summed E-state index contributed by atoms with van der Waals surface area (Å²) >= 11 is 0. The molecule has 0 amide bonds. The zero-order chi connectivity index (χ0) is 12.9. The van der Waals surface area contributed by atoms with Gasteiger partial charge in [0.15, 0.2) is 0 Å². The molecule has 1 heterocycles. The van der Waals surface area contributed by atoms with Gasteiger partial charge in [-0.15, -0.1) is 0 Å². The van der Waals surface area contributed by atoms with Crippen LogP contribution in [0.1, 0.15) is 39.5 Å². The van der Waals surface area contributed by atoms with Gasteiger partial charge in [0.2, 0.25) is 10.0 Å². The molecule has 0 bridgehead atoms. The highest BCUT2D eigenvalue weighted by Gasteiger charge is 2.27. The fourth-order valence-corrected chi connectivity index (χ4v) is 4.41. The van der Waals surface area contributed by atoms with E-state index in [1.807, 2.05) is 13.8 Å². The normalized spacial score (nSPS) is 19.1. The second-order valence-electron chi connectivity index (χ2n) is 4.96. The van der Waals surface area contributed by atoms with Crippen molar-refractivity contribution in [3.05, 3.63) is 0 Å². The number of hydrogen-bond donors (Lipinski definition) is 1. The van der Waals surface area contributed by atoms with Gasteiger partial charge in [-0.25, -0.2) is 12.7 Å². The van der Waals surface area contributed by atoms with Crippen LogP contribution in [0, 0.1) is 5.92 Å². The zero-order valence-corrected chi connectivity index (χ0v) is 12.1. The first-order valence-electron chi connectivity index (χ1n) is 6.67. The van der Waals surface area contributed by atoms with E-state index in [1.54, 1.807) is 11.4 Å². The molecule has 0 aromatic carbocycles. The lowest BCUT2D eigenvalue weighted by Gasteiger charge is -2.29. The summed E-state index contributed by atoms with van der Waals surface area (Å²) in [4.78, 5) is 0. The Balaban J connectivity index is 2.59. The van der Waals surface area contributed by atoms with Gasteiger partial charge in [-0.05, 0) is 44.7 Å². The summed E-state index contributed by atoms with van der Waals surface area (Å²) in [6.07, 6.45) is 3.74. The number of hydrogen-bond acceptors (Lipinski definition) is 3. The van der Waals surface area contributed by atoms with Crippen LogP contribution >= 0.6 is 0 Å². The molecule has 0 aromatic heterocycles. The summed E-state index contributed by atoms with van der Waals surface area (Å²) in [5, 5.41) is 3.27. The van der Waals surface area contributed by atoms with E-state index in [9.17, 15) is 8.42 Å². The number of rotatable bonds is 6. The molecule has 1 fully saturated rings. The first-order chi connectivity index (χ1) is 8.01. The molecule has 0 saturated carbocycles. The maximum absolute atomic E-state index is 12.3. The Morgan fingerprint density at radius 3 is 2.24 bits per heavy atom. The standard InChI is InChI=1S/C12H26N2O2S/c1-4-12(5-2)14(3)17(15,16)10-11-6-8-13-9-7-11/h11-13H,4-10H2,1-3H3. The van der Waals surface area contributed by atoms with Gasteiger partial charge in [0.05, 0.1) is 5.75 Å². The molecule has 0 aliphatic carbocycles. The van der Waals surface area contributed by atoms with Crippen molar-refractivity contribution < 1.29 is 8.42 Å². The molecule has 0 radical (unpaired) electrons. The molecule has 1 saturated heterocycles. The summed E-state index contributed by atoms with van der Waals surface area (Å²) < 4.78 is 26.1. The van der Waals surface area contributed by atoms with Crippen LogP contribution in [0.2, 0.25) is 0 Å². The largest absolute Gasteiger partial charge is 0.317 e. The van der Waals surface area contributed by atoms with Crippen molar-refractivity contribution in [1.29, 1.82) is 0 Å². The van der Waals surface area contributed by atoms with E-state index in [0.717, 1.165) is 38.8 Å². The minimum atomic E-state index is -3.08. The molecule has 1 N–H and O–H groups in total. The zero-order valence-electron chi connectivity index (χ0n) is 11.3. The summed E-state index contributed by atoms with van der Waals surface area (Å²) in [7, 11) is -1.35. The van der Waals surface area contributed by atoms with E-state index in [-0.39, 0.29) is 6.04 Å². The molecule has 4 nitrogen and oxygen atoms in total. The lowest BCUT2D eigenvalue weighted by Crippen LogP contribution is -2.41. The molecule has 0 atom stereocenters. The van der Waals surface area contributed by atoms with Crippen molar-refractivity contribution in [3.8, 4) is 0 Å². The molecule has 1 rings (SSSR count). The van der Waals surface area contributed by atoms with Crippen molar-refractivity contribution in [2.24, 2.45) is 5.92 Å². The van der Waals surface area contributed by atoms with E-state index in [0.29, 0.717) is 11.7 Å². The lowest BCUT2D eigenvalue weighted by molar-refractivity contribution is 0.338. The van der Waals surface area contributed by atoms with E-state index in [4.69, 9.17) is 0 Å². The monoisotopic (exact) mass is 262 g/mol. The molecule has 1 aliphatic heterocycles. The Labute approximate surface area is 106 Å². The Bertz CT molecular complexity index is 306. The quantitative estimate of drug-likeness (QED) is 0.788. The molecule has 0 aromatic rings. The summed E-state index contributed by atoms with van der Waals surface area (Å²) in [5.41, 5.74) is 0. The van der Waals surface area contributed by atoms with Crippen LogP contribution in [0.3, 0.4) is 0 Å². The van der Waals surface area contributed by atoms with Crippen molar-refractivity contribution in [1.82, 2.24) is 9.62 Å². The first-order valence-corrected chi connectivity index (χ1v) is 8.28. The van der Waals surface area contributed by atoms with Gasteiger partial charge in [0, 0.05) is 13.1 Å². The highest BCUT2D eigenvalue weighted by Crippen LogP contribution is 2.19. The minimum absolute atomic E-state index is 0.154. The highest BCUT2D eigenvalue weighted by molar-refractivity contribution is 7.89. The fraction of sp³-hybridized carbons (Fsp3) is 1.00. The molecule has 0 unspecified atom stereocenters. The van der Waals surface area contributed by atoms with E-state index in [1.165, 1.54) is 0 Å². The highest BCUT2D eigenvalue weighted by atomic mass is 32.2. The van der Waals surface area contributed by atoms with Gasteiger partial charge in [-0.1, -0.05) is 13.8 Å². The average Bonchev–Trinajstić information content (AvgIpc) is 2.31. The van der Waals surface area contributed by atoms with Gasteiger partial charge in [0.1, 0.15) is 0 Å². The number of nitrogens with zero attached hydrogens (tertiary/aromatic N) is 1. The van der Waals surface area contributed by atoms with Gasteiger partial charge in [-0.3, -0.25) is 0 Å². The molecule has 102 valence electrons. The van der Waals surface area contributed by atoms with Crippen molar-refractivity contribution in [2.75, 3.05) is 25.9 Å². The third-order valence-corrected chi connectivity index (χ3v) is 5.87. The molecular weight excluding hydrogens is 236 g/mol. The van der Waals surface area contributed by atoms with Gasteiger partial charge in [-0.2, -0.15) is 0 Å². The minimum Gasteiger partial charge on any atom is -0.317 e. The van der Waals surface area contributed by atoms with Crippen LogP contribution < -0.4 is 5.32 Å². The maximum Gasteiger partial charge on any atom is 0.214 e. The second-order valence-corrected chi connectivity index (χ2v) is 7.03. The number of sulfonamides is 1. The van der Waals surface area contributed by atoms with Crippen LogP contribution in [0.25, 0.3) is 0 Å². The third-order valence-electron chi connectivity index (χ3n) is 3.80. The topological polar surface area (TPSA) is 49.4 Å². The van der Waals surface area contributed by atoms with Crippen LogP contribution in [0.4, 0.5) is 0 Å². The predicted molar refractivity (Wildman–Crippen MR) is 71.5 cm³/mol. The SMILES string of the molecule is CCC(CC)N(C)S(=O)(=O)CC1CCNCC1. The Morgan fingerprint density at radius 1 is 1.24 bits per heavy atom. The van der Waals surface area contributed by atoms with E-state index in [2.05, 4.69) is 5.32 Å². The van der Waals surface area contributed by atoms with Gasteiger partial charge in [0.25, 0.3) is 0 Å². The average molecular weight is 262 g/mol. The Hall–Kier alpha value is -0.130. The molecule has 1 aliphatic rings. The smallest absolute Gasteiger partial charge is 0.214 e. The number of piperidine rings is 1. The van der Waals surface area contributed by atoms with Crippen molar-refractivity contribution in [3.63, 3.8) is 0 Å².